The summed E-state index contributed by atoms with van der Waals surface area (Å²) >= 11 is 1.29. The van der Waals surface area contributed by atoms with Gasteiger partial charge in [0.15, 0.2) is 17.3 Å². The molecule has 0 saturated heterocycles. The average molecular weight is 464 g/mol. The lowest BCUT2D eigenvalue weighted by Crippen LogP contribution is -2.33. The van der Waals surface area contributed by atoms with Crippen molar-refractivity contribution in [2.75, 3.05) is 20.8 Å². The van der Waals surface area contributed by atoms with Crippen molar-refractivity contribution in [1.82, 2.24) is 4.90 Å². The minimum atomic E-state index is -0.659. The number of carbonyl (C=O) groups is 2. The summed E-state index contributed by atoms with van der Waals surface area (Å²) in [6, 6.07) is 16.1. The number of hydrogen-bond donors (Lipinski definition) is 1. The Labute approximate surface area is 196 Å². The van der Waals surface area contributed by atoms with E-state index in [1.165, 1.54) is 11.3 Å². The SMILES string of the molecule is COc1ccc(CCN2C(=O)C(O)=C(C(=O)c3cccs3)[C@H]2c2ccc(C)cc2)cc1OC. The van der Waals surface area contributed by atoms with E-state index in [9.17, 15) is 14.7 Å². The van der Waals surface area contributed by atoms with Gasteiger partial charge in [-0.25, -0.2) is 0 Å². The minimum absolute atomic E-state index is 0.124. The number of benzene rings is 2. The Morgan fingerprint density at radius 2 is 1.79 bits per heavy atom. The van der Waals surface area contributed by atoms with Gasteiger partial charge in [-0.05, 0) is 48.1 Å². The summed E-state index contributed by atoms with van der Waals surface area (Å²) in [5.74, 6) is -0.117. The van der Waals surface area contributed by atoms with Crippen LogP contribution in [0.25, 0.3) is 0 Å². The van der Waals surface area contributed by atoms with Crippen molar-refractivity contribution >= 4 is 23.0 Å². The standard InChI is InChI=1S/C26H25NO5S/c1-16-6-9-18(10-7-16)23-22(24(28)21-5-4-14-33-21)25(29)26(30)27(23)13-12-17-8-11-19(31-2)20(15-17)32-3/h4-11,14-15,23,29H,12-13H2,1-3H3/t23-/m1/s1. The average Bonchev–Trinajstić information content (AvgIpc) is 3.45. The Hall–Kier alpha value is -3.58. The van der Waals surface area contributed by atoms with Crippen LogP contribution in [-0.2, 0) is 11.2 Å². The van der Waals surface area contributed by atoms with Gasteiger partial charge in [-0.3, -0.25) is 9.59 Å². The maximum Gasteiger partial charge on any atom is 0.290 e. The molecule has 0 spiro atoms. The highest BCUT2D eigenvalue weighted by atomic mass is 32.1. The fourth-order valence-electron chi connectivity index (χ4n) is 4.04. The van der Waals surface area contributed by atoms with Gasteiger partial charge in [0, 0.05) is 6.54 Å². The van der Waals surface area contributed by atoms with Crippen molar-refractivity contribution in [2.24, 2.45) is 0 Å². The molecule has 0 aliphatic carbocycles. The van der Waals surface area contributed by atoms with Crippen LogP contribution in [0.2, 0.25) is 0 Å². The number of carbonyl (C=O) groups excluding carboxylic acids is 2. The molecule has 4 rings (SSSR count). The topological polar surface area (TPSA) is 76.1 Å². The lowest BCUT2D eigenvalue weighted by atomic mass is 9.94. The zero-order valence-corrected chi connectivity index (χ0v) is 19.5. The number of methoxy groups -OCH3 is 2. The number of Topliss-reactive ketones (excluding diaryl/α,β-unsaturated/α-hetero) is 1. The summed E-state index contributed by atoms with van der Waals surface area (Å²) in [6.07, 6.45) is 0.516. The molecule has 1 aliphatic heterocycles. The number of thiophene rings is 1. The Morgan fingerprint density at radius 1 is 1.06 bits per heavy atom. The Kier molecular flexibility index (Phi) is 6.51. The lowest BCUT2D eigenvalue weighted by molar-refractivity contribution is -0.129. The number of hydrogen-bond acceptors (Lipinski definition) is 6. The first-order valence-electron chi connectivity index (χ1n) is 10.5. The molecule has 0 unspecified atom stereocenters. The second-order valence-corrected chi connectivity index (χ2v) is 8.77. The van der Waals surface area contributed by atoms with E-state index < -0.39 is 17.7 Å². The molecule has 0 saturated carbocycles. The second-order valence-electron chi connectivity index (χ2n) is 7.82. The maximum atomic E-state index is 13.3. The van der Waals surface area contributed by atoms with Gasteiger partial charge in [0.1, 0.15) is 0 Å². The summed E-state index contributed by atoms with van der Waals surface area (Å²) in [4.78, 5) is 28.4. The minimum Gasteiger partial charge on any atom is -0.503 e. The van der Waals surface area contributed by atoms with Crippen molar-refractivity contribution in [3.05, 3.63) is 92.9 Å². The normalized spacial score (nSPS) is 15.8. The van der Waals surface area contributed by atoms with Crippen LogP contribution in [0.3, 0.4) is 0 Å². The third kappa shape index (κ3) is 4.36. The molecule has 1 aromatic heterocycles. The molecule has 1 aliphatic rings. The number of rotatable bonds is 8. The van der Waals surface area contributed by atoms with E-state index in [0.29, 0.717) is 29.3 Å². The molecule has 6 nitrogen and oxygen atoms in total. The summed E-state index contributed by atoms with van der Waals surface area (Å²) in [7, 11) is 3.15. The van der Waals surface area contributed by atoms with E-state index in [4.69, 9.17) is 9.47 Å². The van der Waals surface area contributed by atoms with Gasteiger partial charge in [0.2, 0.25) is 5.78 Å². The van der Waals surface area contributed by atoms with Crippen LogP contribution in [0.4, 0.5) is 0 Å². The van der Waals surface area contributed by atoms with Crippen molar-refractivity contribution in [3.63, 3.8) is 0 Å². The first-order valence-corrected chi connectivity index (χ1v) is 11.4. The van der Waals surface area contributed by atoms with Gasteiger partial charge in [-0.15, -0.1) is 11.3 Å². The molecule has 0 fully saturated rings. The quantitative estimate of drug-likeness (QED) is 0.481. The van der Waals surface area contributed by atoms with Crippen LogP contribution < -0.4 is 9.47 Å². The molecule has 2 aromatic carbocycles. The fourth-order valence-corrected chi connectivity index (χ4v) is 4.72. The number of amides is 1. The summed E-state index contributed by atoms with van der Waals surface area (Å²) < 4.78 is 10.7. The number of aryl methyl sites for hydroxylation is 1. The summed E-state index contributed by atoms with van der Waals surface area (Å²) in [5.41, 5.74) is 2.92. The van der Waals surface area contributed by atoms with Gasteiger partial charge in [-0.2, -0.15) is 0 Å². The number of ketones is 1. The van der Waals surface area contributed by atoms with Crippen LogP contribution in [0.1, 0.15) is 32.4 Å². The zero-order valence-electron chi connectivity index (χ0n) is 18.7. The van der Waals surface area contributed by atoms with Crippen molar-refractivity contribution in [1.29, 1.82) is 0 Å². The van der Waals surface area contributed by atoms with E-state index in [0.717, 1.165) is 16.7 Å². The van der Waals surface area contributed by atoms with E-state index in [-0.39, 0.29) is 11.4 Å². The van der Waals surface area contributed by atoms with Crippen molar-refractivity contribution in [2.45, 2.75) is 19.4 Å². The molecule has 1 atom stereocenters. The summed E-state index contributed by atoms with van der Waals surface area (Å²) in [5, 5.41) is 12.6. The smallest absolute Gasteiger partial charge is 0.290 e. The number of aliphatic hydroxyl groups excluding tert-OH is 1. The lowest BCUT2D eigenvalue weighted by Gasteiger charge is -2.27. The van der Waals surface area contributed by atoms with Crippen LogP contribution >= 0.6 is 11.3 Å². The molecule has 1 amide bonds. The molecule has 33 heavy (non-hydrogen) atoms. The van der Waals surface area contributed by atoms with E-state index >= 15 is 0 Å². The number of nitrogens with zero attached hydrogens (tertiary/aromatic N) is 1. The third-order valence-corrected chi connectivity index (χ3v) is 6.64. The van der Waals surface area contributed by atoms with Crippen LogP contribution in [0, 0.1) is 6.92 Å². The van der Waals surface area contributed by atoms with Crippen LogP contribution in [-0.4, -0.2) is 42.5 Å². The summed E-state index contributed by atoms with van der Waals surface area (Å²) in [6.45, 7) is 2.29. The zero-order chi connectivity index (χ0) is 23.5. The monoisotopic (exact) mass is 463 g/mol. The highest BCUT2D eigenvalue weighted by Crippen LogP contribution is 2.40. The molecular weight excluding hydrogens is 438 g/mol. The molecule has 0 bridgehead atoms. The van der Waals surface area contributed by atoms with Gasteiger partial charge < -0.3 is 19.5 Å². The van der Waals surface area contributed by atoms with Gasteiger partial charge in [-0.1, -0.05) is 42.0 Å². The Balaban J connectivity index is 1.67. The predicted octanol–water partition coefficient (Wildman–Crippen LogP) is 4.89. The fraction of sp³-hybridized carbons (Fsp3) is 0.231. The van der Waals surface area contributed by atoms with Crippen LogP contribution in [0.15, 0.2) is 71.3 Å². The molecule has 170 valence electrons. The van der Waals surface area contributed by atoms with E-state index in [2.05, 4.69) is 0 Å². The third-order valence-electron chi connectivity index (χ3n) is 5.78. The molecule has 0 radical (unpaired) electrons. The van der Waals surface area contributed by atoms with Crippen LogP contribution in [0.5, 0.6) is 11.5 Å². The molecule has 2 heterocycles. The van der Waals surface area contributed by atoms with E-state index in [1.54, 1.807) is 36.6 Å². The highest BCUT2D eigenvalue weighted by molar-refractivity contribution is 7.12. The predicted molar refractivity (Wildman–Crippen MR) is 127 cm³/mol. The number of aliphatic hydroxyl groups is 1. The Bertz CT molecular complexity index is 1200. The first kappa shape index (κ1) is 22.6. The van der Waals surface area contributed by atoms with Gasteiger partial charge >= 0.3 is 0 Å². The Morgan fingerprint density at radius 3 is 2.42 bits per heavy atom. The molecular formula is C26H25NO5S. The maximum absolute atomic E-state index is 13.3. The highest BCUT2D eigenvalue weighted by Gasteiger charge is 2.43. The van der Waals surface area contributed by atoms with Gasteiger partial charge in [0.25, 0.3) is 5.91 Å². The largest absolute Gasteiger partial charge is 0.503 e. The first-order chi connectivity index (χ1) is 15.9. The number of ether oxygens (including phenoxy) is 2. The molecule has 1 N–H and O–H groups in total. The van der Waals surface area contributed by atoms with Crippen molar-refractivity contribution < 1.29 is 24.2 Å². The van der Waals surface area contributed by atoms with Gasteiger partial charge in [0.05, 0.1) is 30.7 Å². The molecule has 3 aromatic rings. The second kappa shape index (κ2) is 9.50. The van der Waals surface area contributed by atoms with E-state index in [1.807, 2.05) is 49.4 Å². The molecule has 7 heteroatoms. The van der Waals surface area contributed by atoms with Crippen molar-refractivity contribution in [3.8, 4) is 11.5 Å².